The molecule has 1 aliphatic heterocycles. The second kappa shape index (κ2) is 5.27. The molecule has 2 N–H and O–H groups in total. The Labute approximate surface area is 106 Å². The van der Waals surface area contributed by atoms with E-state index in [1.165, 1.54) is 70.9 Å². The van der Waals surface area contributed by atoms with Crippen LogP contribution < -0.4 is 5.73 Å². The Hall–Kier alpha value is -0.0800. The molecule has 0 aromatic heterocycles. The summed E-state index contributed by atoms with van der Waals surface area (Å²) < 4.78 is 0. The monoisotopic (exact) mass is 236 g/mol. The van der Waals surface area contributed by atoms with Crippen LogP contribution in [0, 0.1) is 11.8 Å². The molecule has 3 rings (SSSR count). The van der Waals surface area contributed by atoms with Gasteiger partial charge in [0, 0.05) is 18.6 Å². The lowest BCUT2D eigenvalue weighted by Gasteiger charge is -2.32. The molecular weight excluding hydrogens is 208 g/mol. The Morgan fingerprint density at radius 3 is 2.41 bits per heavy atom. The van der Waals surface area contributed by atoms with E-state index in [1.54, 1.807) is 0 Å². The zero-order chi connectivity index (χ0) is 11.7. The molecule has 0 bridgehead atoms. The Morgan fingerprint density at radius 1 is 0.882 bits per heavy atom. The van der Waals surface area contributed by atoms with E-state index in [0.717, 1.165) is 17.9 Å². The quantitative estimate of drug-likeness (QED) is 0.816. The minimum absolute atomic E-state index is 0.500. The smallest absolute Gasteiger partial charge is 0.0124 e. The molecule has 0 radical (unpaired) electrons. The molecule has 2 saturated carbocycles. The molecule has 0 aromatic carbocycles. The predicted octanol–water partition coefficient (Wildman–Crippen LogP) is 2.77. The third-order valence-corrected chi connectivity index (χ3v) is 5.55. The van der Waals surface area contributed by atoms with Gasteiger partial charge < -0.3 is 5.73 Å². The maximum atomic E-state index is 6.23. The summed E-state index contributed by atoms with van der Waals surface area (Å²) in [5.74, 6) is 1.83. The zero-order valence-corrected chi connectivity index (χ0v) is 11.1. The number of hydrogen-bond acceptors (Lipinski definition) is 2. The van der Waals surface area contributed by atoms with Crippen LogP contribution in [0.5, 0.6) is 0 Å². The molecule has 3 aliphatic rings. The van der Waals surface area contributed by atoms with Crippen LogP contribution in [-0.2, 0) is 0 Å². The van der Waals surface area contributed by atoms with Crippen LogP contribution in [0.15, 0.2) is 0 Å². The Kier molecular flexibility index (Phi) is 3.72. The maximum absolute atomic E-state index is 6.23. The largest absolute Gasteiger partial charge is 0.327 e. The van der Waals surface area contributed by atoms with Crippen LogP contribution in [0.1, 0.15) is 57.8 Å². The van der Waals surface area contributed by atoms with Crippen molar-refractivity contribution < 1.29 is 0 Å². The molecule has 2 nitrogen and oxygen atoms in total. The fourth-order valence-corrected chi connectivity index (χ4v) is 4.55. The lowest BCUT2D eigenvalue weighted by molar-refractivity contribution is 0.160. The van der Waals surface area contributed by atoms with E-state index in [1.807, 2.05) is 0 Å². The van der Waals surface area contributed by atoms with E-state index in [-0.39, 0.29) is 0 Å². The number of hydrogen-bond donors (Lipinski definition) is 1. The van der Waals surface area contributed by atoms with Crippen molar-refractivity contribution in [2.75, 3.05) is 13.1 Å². The van der Waals surface area contributed by atoms with Crippen molar-refractivity contribution >= 4 is 0 Å². The van der Waals surface area contributed by atoms with Gasteiger partial charge in [-0.15, -0.1) is 0 Å². The Morgan fingerprint density at radius 2 is 1.71 bits per heavy atom. The fraction of sp³-hybridized carbons (Fsp3) is 1.00. The first-order chi connectivity index (χ1) is 8.34. The van der Waals surface area contributed by atoms with Crippen LogP contribution in [0.3, 0.4) is 0 Å². The van der Waals surface area contributed by atoms with Gasteiger partial charge in [0.1, 0.15) is 0 Å². The molecule has 0 spiro atoms. The van der Waals surface area contributed by atoms with Crippen LogP contribution in [0.2, 0.25) is 0 Å². The van der Waals surface area contributed by atoms with Gasteiger partial charge in [0.2, 0.25) is 0 Å². The van der Waals surface area contributed by atoms with E-state index in [9.17, 15) is 0 Å². The van der Waals surface area contributed by atoms with E-state index < -0.39 is 0 Å². The van der Waals surface area contributed by atoms with Crippen molar-refractivity contribution in [3.63, 3.8) is 0 Å². The molecule has 1 heterocycles. The minimum atomic E-state index is 0.500. The zero-order valence-electron chi connectivity index (χ0n) is 11.1. The van der Waals surface area contributed by atoms with Gasteiger partial charge in [-0.25, -0.2) is 0 Å². The molecule has 1 saturated heterocycles. The topological polar surface area (TPSA) is 29.3 Å². The summed E-state index contributed by atoms with van der Waals surface area (Å²) >= 11 is 0. The Bertz CT molecular complexity index is 247. The van der Waals surface area contributed by atoms with Gasteiger partial charge in [0.05, 0.1) is 0 Å². The second-order valence-electron chi connectivity index (χ2n) is 6.60. The van der Waals surface area contributed by atoms with Gasteiger partial charge in [-0.3, -0.25) is 4.90 Å². The third-order valence-electron chi connectivity index (χ3n) is 5.55. The summed E-state index contributed by atoms with van der Waals surface area (Å²) in [6, 6.07) is 1.42. The lowest BCUT2D eigenvalue weighted by atomic mass is 9.94. The summed E-state index contributed by atoms with van der Waals surface area (Å²) in [5.41, 5.74) is 6.23. The number of likely N-dealkylation sites (tertiary alicyclic amines) is 1. The van der Waals surface area contributed by atoms with E-state index in [0.29, 0.717) is 6.04 Å². The van der Waals surface area contributed by atoms with Crippen molar-refractivity contribution in [1.29, 1.82) is 0 Å². The highest BCUT2D eigenvalue weighted by atomic mass is 15.2. The lowest BCUT2D eigenvalue weighted by Crippen LogP contribution is -2.41. The third kappa shape index (κ3) is 2.53. The van der Waals surface area contributed by atoms with Crippen LogP contribution >= 0.6 is 0 Å². The number of nitrogens with zero attached hydrogens (tertiary/aromatic N) is 1. The summed E-state index contributed by atoms with van der Waals surface area (Å²) in [5, 5.41) is 0. The summed E-state index contributed by atoms with van der Waals surface area (Å²) in [6.45, 7) is 2.66. The molecule has 3 atom stereocenters. The van der Waals surface area contributed by atoms with Gasteiger partial charge >= 0.3 is 0 Å². The molecule has 0 aromatic rings. The minimum Gasteiger partial charge on any atom is -0.327 e. The van der Waals surface area contributed by atoms with Crippen LogP contribution in [0.4, 0.5) is 0 Å². The maximum Gasteiger partial charge on any atom is 0.0124 e. The molecule has 2 aliphatic carbocycles. The first-order valence-electron chi connectivity index (χ1n) is 7.84. The van der Waals surface area contributed by atoms with E-state index >= 15 is 0 Å². The van der Waals surface area contributed by atoms with Gasteiger partial charge in [-0.2, -0.15) is 0 Å². The molecular formula is C15H28N2. The molecule has 3 unspecified atom stereocenters. The summed E-state index contributed by atoms with van der Waals surface area (Å²) in [7, 11) is 0. The number of nitrogens with two attached hydrogens (primary N) is 1. The fourth-order valence-electron chi connectivity index (χ4n) is 4.55. The Balaban J connectivity index is 1.57. The first kappa shape index (κ1) is 12.0. The molecule has 98 valence electrons. The van der Waals surface area contributed by atoms with Gasteiger partial charge in [-0.05, 0) is 56.9 Å². The van der Waals surface area contributed by atoms with Crippen molar-refractivity contribution in [3.8, 4) is 0 Å². The van der Waals surface area contributed by atoms with Crippen molar-refractivity contribution in [3.05, 3.63) is 0 Å². The predicted molar refractivity (Wildman–Crippen MR) is 71.9 cm³/mol. The van der Waals surface area contributed by atoms with Crippen LogP contribution in [0.25, 0.3) is 0 Å². The SMILES string of the molecule is NC1CCCC1CN1CCCC1C1CCCC1. The summed E-state index contributed by atoms with van der Waals surface area (Å²) in [4.78, 5) is 2.81. The first-order valence-corrected chi connectivity index (χ1v) is 7.84. The van der Waals surface area contributed by atoms with E-state index in [2.05, 4.69) is 4.90 Å². The molecule has 3 fully saturated rings. The highest BCUT2D eigenvalue weighted by Crippen LogP contribution is 2.36. The molecule has 17 heavy (non-hydrogen) atoms. The van der Waals surface area contributed by atoms with Gasteiger partial charge in [0.25, 0.3) is 0 Å². The highest BCUT2D eigenvalue weighted by Gasteiger charge is 2.35. The number of rotatable bonds is 3. The molecule has 2 heteroatoms. The average Bonchev–Trinajstić information content (AvgIpc) is 3.02. The van der Waals surface area contributed by atoms with Crippen molar-refractivity contribution in [2.24, 2.45) is 17.6 Å². The highest BCUT2D eigenvalue weighted by molar-refractivity contribution is 4.91. The standard InChI is InChI=1S/C15H28N2/c16-14-8-3-7-13(14)11-17-10-4-9-15(17)12-5-1-2-6-12/h12-15H,1-11,16H2. The molecule has 0 amide bonds. The van der Waals surface area contributed by atoms with Crippen LogP contribution in [-0.4, -0.2) is 30.1 Å². The van der Waals surface area contributed by atoms with Gasteiger partial charge in [0.15, 0.2) is 0 Å². The normalized spacial score (nSPS) is 40.4. The average molecular weight is 236 g/mol. The summed E-state index contributed by atoms with van der Waals surface area (Å²) in [6.07, 6.45) is 12.9. The second-order valence-corrected chi connectivity index (χ2v) is 6.60. The van der Waals surface area contributed by atoms with Gasteiger partial charge in [-0.1, -0.05) is 19.3 Å². The van der Waals surface area contributed by atoms with Crippen molar-refractivity contribution in [1.82, 2.24) is 4.90 Å². The van der Waals surface area contributed by atoms with Crippen molar-refractivity contribution in [2.45, 2.75) is 69.9 Å². The van der Waals surface area contributed by atoms with E-state index in [4.69, 9.17) is 5.73 Å².